The van der Waals surface area contributed by atoms with Gasteiger partial charge in [0.05, 0.1) is 33.0 Å². The molecule has 0 radical (unpaired) electrons. The smallest absolute Gasteiger partial charge is 0.331 e. The van der Waals surface area contributed by atoms with E-state index in [0.29, 0.717) is 22.1 Å². The van der Waals surface area contributed by atoms with Crippen molar-refractivity contribution < 1.29 is 14.3 Å². The van der Waals surface area contributed by atoms with E-state index in [1.165, 1.54) is 12.1 Å². The summed E-state index contributed by atoms with van der Waals surface area (Å²) >= 11 is 17.9. The van der Waals surface area contributed by atoms with Gasteiger partial charge in [-0.1, -0.05) is 40.9 Å². The minimum absolute atomic E-state index is 0.0149. The third kappa shape index (κ3) is 4.00. The molecule has 1 aliphatic heterocycles. The minimum Gasteiger partial charge on any atom is -0.423 e. The molecule has 1 heterocycles. The van der Waals surface area contributed by atoms with Gasteiger partial charge in [-0.2, -0.15) is 0 Å². The monoisotopic (exact) mass is 398 g/mol. The number of hydrogen-bond donors (Lipinski definition) is 1. The van der Waals surface area contributed by atoms with Gasteiger partial charge < -0.3 is 15.0 Å². The molecule has 0 fully saturated rings. The van der Waals surface area contributed by atoms with Gasteiger partial charge in [0.1, 0.15) is 6.54 Å². The molecule has 1 aliphatic rings. The van der Waals surface area contributed by atoms with Crippen molar-refractivity contribution in [3.63, 3.8) is 0 Å². The first-order valence-electron chi connectivity index (χ1n) is 7.34. The van der Waals surface area contributed by atoms with Crippen molar-refractivity contribution in [1.29, 1.82) is 0 Å². The van der Waals surface area contributed by atoms with E-state index in [0.717, 1.165) is 5.56 Å². The molecule has 0 saturated carbocycles. The lowest BCUT2D eigenvalue weighted by Crippen LogP contribution is -2.41. The van der Waals surface area contributed by atoms with Gasteiger partial charge in [-0.05, 0) is 36.8 Å². The average molecular weight is 400 g/mol. The highest BCUT2D eigenvalue weighted by Gasteiger charge is 2.26. The summed E-state index contributed by atoms with van der Waals surface area (Å²) in [6.45, 7) is 1.87. The summed E-state index contributed by atoms with van der Waals surface area (Å²) in [4.78, 5) is 25.8. The van der Waals surface area contributed by atoms with Crippen molar-refractivity contribution in [1.82, 2.24) is 0 Å². The van der Waals surface area contributed by atoms with Crippen LogP contribution < -0.4 is 15.0 Å². The molecule has 0 aromatic heterocycles. The highest BCUT2D eigenvalue weighted by Crippen LogP contribution is 2.34. The summed E-state index contributed by atoms with van der Waals surface area (Å²) < 4.78 is 5.20. The molecule has 0 saturated heterocycles. The molecule has 3 rings (SSSR count). The maximum atomic E-state index is 12.4. The number of anilines is 2. The quantitative estimate of drug-likeness (QED) is 0.474. The molecule has 130 valence electrons. The molecule has 0 bridgehead atoms. The van der Waals surface area contributed by atoms with Crippen molar-refractivity contribution >= 4 is 58.1 Å². The first kappa shape index (κ1) is 17.9. The third-order valence-corrected chi connectivity index (χ3v) is 4.65. The van der Waals surface area contributed by atoms with Crippen LogP contribution in [-0.4, -0.2) is 25.0 Å². The Morgan fingerprint density at radius 3 is 2.64 bits per heavy atom. The second-order valence-electron chi connectivity index (χ2n) is 5.60. The number of nitrogens with one attached hydrogen (secondary N) is 1. The Morgan fingerprint density at radius 1 is 1.16 bits per heavy atom. The Morgan fingerprint density at radius 2 is 1.88 bits per heavy atom. The highest BCUT2D eigenvalue weighted by atomic mass is 35.5. The lowest BCUT2D eigenvalue weighted by Gasteiger charge is -2.29. The van der Waals surface area contributed by atoms with Crippen LogP contribution >= 0.6 is 34.8 Å². The van der Waals surface area contributed by atoms with Gasteiger partial charge in [-0.15, -0.1) is 0 Å². The zero-order chi connectivity index (χ0) is 18.1. The molecule has 8 heteroatoms. The number of amides is 1. The second-order valence-corrected chi connectivity index (χ2v) is 6.82. The van der Waals surface area contributed by atoms with Crippen LogP contribution in [0.15, 0.2) is 30.3 Å². The van der Waals surface area contributed by atoms with E-state index in [1.54, 1.807) is 11.0 Å². The molecular formula is C17H13Cl3N2O3. The molecule has 1 N–H and O–H groups in total. The van der Waals surface area contributed by atoms with E-state index in [1.807, 2.05) is 19.1 Å². The van der Waals surface area contributed by atoms with Crippen LogP contribution in [0.2, 0.25) is 15.1 Å². The number of carbonyl (C=O) groups excluding carboxylic acids is 2. The van der Waals surface area contributed by atoms with E-state index in [-0.39, 0.29) is 29.0 Å². The highest BCUT2D eigenvalue weighted by molar-refractivity contribution is 6.44. The first-order chi connectivity index (χ1) is 11.8. The molecule has 0 spiro atoms. The van der Waals surface area contributed by atoms with Crippen LogP contribution in [0.3, 0.4) is 0 Å². The number of ether oxygens (including phenoxy) is 1. The molecule has 0 aliphatic carbocycles. The van der Waals surface area contributed by atoms with Crippen LogP contribution in [0.4, 0.5) is 11.4 Å². The Kier molecular flexibility index (Phi) is 5.08. The lowest BCUT2D eigenvalue weighted by molar-refractivity contribution is -0.133. The van der Waals surface area contributed by atoms with Gasteiger partial charge in [-0.25, -0.2) is 4.79 Å². The fraction of sp³-hybridized carbons (Fsp3) is 0.176. The van der Waals surface area contributed by atoms with Crippen molar-refractivity contribution in [2.45, 2.75) is 6.92 Å². The lowest BCUT2D eigenvalue weighted by atomic mass is 10.1. The predicted molar refractivity (Wildman–Crippen MR) is 99.1 cm³/mol. The number of benzene rings is 2. The fourth-order valence-corrected chi connectivity index (χ4v) is 3.07. The SMILES string of the molecule is Cc1ccc2c(c1)N(CC(=O)Nc1cc(Cl)c(Cl)cc1Cl)CC(=O)O2. The van der Waals surface area contributed by atoms with Crippen LogP contribution in [0, 0.1) is 6.92 Å². The number of aryl methyl sites for hydroxylation is 1. The van der Waals surface area contributed by atoms with Crippen LogP contribution in [0.5, 0.6) is 5.75 Å². The average Bonchev–Trinajstić information content (AvgIpc) is 2.53. The minimum atomic E-state index is -0.420. The molecule has 5 nitrogen and oxygen atoms in total. The topological polar surface area (TPSA) is 58.6 Å². The first-order valence-corrected chi connectivity index (χ1v) is 8.47. The number of esters is 1. The maximum Gasteiger partial charge on any atom is 0.331 e. The van der Waals surface area contributed by atoms with E-state index >= 15 is 0 Å². The Balaban J connectivity index is 1.79. The zero-order valence-corrected chi connectivity index (χ0v) is 15.4. The molecule has 2 aromatic rings. The Hall–Kier alpha value is -1.95. The standard InChI is InChI=1S/C17H13Cl3N2O3/c1-9-2-3-15-14(4-9)22(8-17(24)25-15)7-16(23)21-13-6-11(19)10(18)5-12(13)20/h2-6H,7-8H2,1H3,(H,21,23). The van der Waals surface area contributed by atoms with E-state index < -0.39 is 5.97 Å². The van der Waals surface area contributed by atoms with Crippen LogP contribution in [0.1, 0.15) is 5.56 Å². The maximum absolute atomic E-state index is 12.4. The molecule has 1 amide bonds. The summed E-state index contributed by atoms with van der Waals surface area (Å²) in [6.07, 6.45) is 0. The molecule has 2 aromatic carbocycles. The van der Waals surface area contributed by atoms with Gasteiger partial charge in [0.15, 0.2) is 5.75 Å². The fourth-order valence-electron chi connectivity index (χ4n) is 2.48. The molecule has 0 unspecified atom stereocenters. The van der Waals surface area contributed by atoms with E-state index in [9.17, 15) is 9.59 Å². The van der Waals surface area contributed by atoms with Gasteiger partial charge in [0.2, 0.25) is 5.91 Å². The van der Waals surface area contributed by atoms with Gasteiger partial charge in [0, 0.05) is 0 Å². The van der Waals surface area contributed by atoms with Crippen molar-refractivity contribution in [2.75, 3.05) is 23.3 Å². The van der Waals surface area contributed by atoms with Crippen molar-refractivity contribution in [3.05, 3.63) is 51.0 Å². The van der Waals surface area contributed by atoms with Crippen LogP contribution in [-0.2, 0) is 9.59 Å². The normalized spacial score (nSPS) is 13.3. The summed E-state index contributed by atoms with van der Waals surface area (Å²) in [7, 11) is 0. The number of fused-ring (bicyclic) bond motifs is 1. The van der Waals surface area contributed by atoms with Crippen molar-refractivity contribution in [2.24, 2.45) is 0 Å². The molecule has 25 heavy (non-hydrogen) atoms. The number of rotatable bonds is 3. The summed E-state index contributed by atoms with van der Waals surface area (Å²) in [5.74, 6) is -0.332. The molecule has 0 atom stereocenters. The summed E-state index contributed by atoms with van der Waals surface area (Å²) in [5.41, 5.74) is 2.04. The number of carbonyl (C=O) groups is 2. The summed E-state index contributed by atoms with van der Waals surface area (Å²) in [6, 6.07) is 8.35. The van der Waals surface area contributed by atoms with Gasteiger partial charge in [0.25, 0.3) is 0 Å². The Labute approximate surface area is 159 Å². The van der Waals surface area contributed by atoms with Gasteiger partial charge in [-0.3, -0.25) is 4.79 Å². The van der Waals surface area contributed by atoms with Crippen molar-refractivity contribution in [3.8, 4) is 5.75 Å². The molecular weight excluding hydrogens is 387 g/mol. The number of nitrogens with zero attached hydrogens (tertiary/aromatic N) is 1. The van der Waals surface area contributed by atoms with Crippen LogP contribution in [0.25, 0.3) is 0 Å². The number of hydrogen-bond acceptors (Lipinski definition) is 4. The Bertz CT molecular complexity index is 870. The van der Waals surface area contributed by atoms with E-state index in [2.05, 4.69) is 5.32 Å². The van der Waals surface area contributed by atoms with E-state index in [4.69, 9.17) is 39.5 Å². The van der Waals surface area contributed by atoms with Gasteiger partial charge >= 0.3 is 5.97 Å². The number of halogens is 3. The zero-order valence-electron chi connectivity index (χ0n) is 13.1. The summed E-state index contributed by atoms with van der Waals surface area (Å²) in [5, 5.41) is 3.53. The second kappa shape index (κ2) is 7.12. The largest absolute Gasteiger partial charge is 0.423 e. The third-order valence-electron chi connectivity index (χ3n) is 3.62. The predicted octanol–water partition coefficient (Wildman–Crippen LogP) is 4.32.